The molecule has 0 bridgehead atoms. The fourth-order valence-corrected chi connectivity index (χ4v) is 2.15. The van der Waals surface area contributed by atoms with Crippen LogP contribution in [-0.2, 0) is 13.0 Å². The zero-order valence-electron chi connectivity index (χ0n) is 10.7. The molecule has 0 aromatic carbocycles. The minimum Gasteiger partial charge on any atom is -0.337 e. The summed E-state index contributed by atoms with van der Waals surface area (Å²) in [5, 5.41) is 5.20. The van der Waals surface area contributed by atoms with Crippen LogP contribution in [-0.4, -0.2) is 39.0 Å². The first-order valence-corrected chi connectivity index (χ1v) is 7.21. The lowest BCUT2D eigenvalue weighted by molar-refractivity contribution is 0.0762. The number of nitrogens with zero attached hydrogens (tertiary/aromatic N) is 3. The third kappa shape index (κ3) is 3.31. The number of amides is 1. The van der Waals surface area contributed by atoms with Gasteiger partial charge in [-0.3, -0.25) is 9.48 Å². The summed E-state index contributed by atoms with van der Waals surface area (Å²) in [6.07, 6.45) is 0.859. The van der Waals surface area contributed by atoms with E-state index < -0.39 is 0 Å². The van der Waals surface area contributed by atoms with Gasteiger partial charge in [0, 0.05) is 25.0 Å². The lowest BCUT2D eigenvalue weighted by Crippen LogP contribution is -2.34. The van der Waals surface area contributed by atoms with Gasteiger partial charge < -0.3 is 4.90 Å². The Labute approximate surface area is 111 Å². The summed E-state index contributed by atoms with van der Waals surface area (Å²) in [7, 11) is 0. The van der Waals surface area contributed by atoms with Crippen LogP contribution in [0.3, 0.4) is 0 Å². The molecule has 0 aliphatic heterocycles. The molecule has 0 N–H and O–H groups in total. The molecule has 4 nitrogen and oxygen atoms in total. The molecule has 0 spiro atoms. The largest absolute Gasteiger partial charge is 0.337 e. The second kappa shape index (κ2) is 6.79. The van der Waals surface area contributed by atoms with Crippen LogP contribution < -0.4 is 0 Å². The first kappa shape index (κ1) is 14.2. The maximum Gasteiger partial charge on any atom is 0.272 e. The van der Waals surface area contributed by atoms with Crippen LogP contribution in [0.2, 0.25) is 0 Å². The molecule has 96 valence electrons. The van der Waals surface area contributed by atoms with E-state index >= 15 is 0 Å². The van der Waals surface area contributed by atoms with E-state index in [0.717, 1.165) is 37.1 Å². The highest BCUT2D eigenvalue weighted by Crippen LogP contribution is 2.09. The molecule has 0 fully saturated rings. The van der Waals surface area contributed by atoms with Gasteiger partial charge in [0.2, 0.25) is 0 Å². The monoisotopic (exact) mass is 301 g/mol. The molecule has 1 amide bonds. The molecule has 5 heteroatoms. The Morgan fingerprint density at radius 2 is 2.18 bits per heavy atom. The lowest BCUT2D eigenvalue weighted by atomic mass is 10.3. The van der Waals surface area contributed by atoms with E-state index in [4.69, 9.17) is 0 Å². The maximum absolute atomic E-state index is 12.3. The van der Waals surface area contributed by atoms with Gasteiger partial charge in [-0.05, 0) is 26.3 Å². The Morgan fingerprint density at radius 1 is 1.47 bits per heavy atom. The highest BCUT2D eigenvalue weighted by molar-refractivity contribution is 9.09. The standard InChI is InChI=1S/C12H20BrN3O/c1-4-10-9-11(16(6-3)14-10)12(17)15(5-2)8-7-13/h9H,4-8H2,1-3H3. The Kier molecular flexibility index (Phi) is 5.68. The van der Waals surface area contributed by atoms with Gasteiger partial charge in [-0.25, -0.2) is 0 Å². The van der Waals surface area contributed by atoms with Crippen molar-refractivity contribution in [3.05, 3.63) is 17.5 Å². The third-order valence-electron chi connectivity index (χ3n) is 2.73. The predicted octanol–water partition coefficient (Wildman–Crippen LogP) is 2.32. The topological polar surface area (TPSA) is 38.1 Å². The van der Waals surface area contributed by atoms with E-state index in [1.807, 2.05) is 31.7 Å². The van der Waals surface area contributed by atoms with Crippen LogP contribution >= 0.6 is 15.9 Å². The summed E-state index contributed by atoms with van der Waals surface area (Å²) >= 11 is 3.37. The molecule has 0 atom stereocenters. The molecule has 17 heavy (non-hydrogen) atoms. The van der Waals surface area contributed by atoms with E-state index in [-0.39, 0.29) is 5.91 Å². The van der Waals surface area contributed by atoms with Crippen molar-refractivity contribution in [2.24, 2.45) is 0 Å². The number of carbonyl (C=O) groups is 1. The number of hydrogen-bond donors (Lipinski definition) is 0. The van der Waals surface area contributed by atoms with Crippen molar-refractivity contribution in [1.29, 1.82) is 0 Å². The highest BCUT2D eigenvalue weighted by Gasteiger charge is 2.18. The van der Waals surface area contributed by atoms with E-state index in [0.29, 0.717) is 5.69 Å². The second-order valence-corrected chi connectivity index (χ2v) is 4.56. The van der Waals surface area contributed by atoms with Gasteiger partial charge in [0.05, 0.1) is 5.69 Å². The summed E-state index contributed by atoms with van der Waals surface area (Å²) < 4.78 is 1.79. The fourth-order valence-electron chi connectivity index (χ4n) is 1.72. The quantitative estimate of drug-likeness (QED) is 0.756. The molecule has 1 rings (SSSR count). The molecule has 0 aliphatic carbocycles. The summed E-state index contributed by atoms with van der Waals surface area (Å²) in [4.78, 5) is 14.1. The van der Waals surface area contributed by atoms with Crippen molar-refractivity contribution in [3.63, 3.8) is 0 Å². The molecule has 1 aromatic heterocycles. The summed E-state index contributed by atoms with van der Waals surface area (Å²) in [5.41, 5.74) is 1.68. The average molecular weight is 302 g/mol. The number of alkyl halides is 1. The van der Waals surface area contributed by atoms with Crippen LogP contribution in [0.15, 0.2) is 6.07 Å². The smallest absolute Gasteiger partial charge is 0.272 e. The Bertz CT molecular complexity index is 376. The summed E-state index contributed by atoms with van der Waals surface area (Å²) in [6.45, 7) is 8.23. The minimum absolute atomic E-state index is 0.0704. The normalized spacial score (nSPS) is 10.6. The van der Waals surface area contributed by atoms with Gasteiger partial charge in [0.1, 0.15) is 5.69 Å². The number of aromatic nitrogens is 2. The molecule has 1 heterocycles. The maximum atomic E-state index is 12.3. The number of aryl methyl sites for hydroxylation is 2. The van der Waals surface area contributed by atoms with Gasteiger partial charge in [0.15, 0.2) is 0 Å². The van der Waals surface area contributed by atoms with Gasteiger partial charge in [-0.2, -0.15) is 5.10 Å². The SMILES string of the molecule is CCc1cc(C(=O)N(CC)CCBr)n(CC)n1. The minimum atomic E-state index is 0.0704. The van der Waals surface area contributed by atoms with Gasteiger partial charge in [-0.1, -0.05) is 22.9 Å². The number of carbonyl (C=O) groups excluding carboxylic acids is 1. The molecule has 0 saturated carbocycles. The number of rotatable bonds is 6. The van der Waals surface area contributed by atoms with Gasteiger partial charge in [0.25, 0.3) is 5.91 Å². The van der Waals surface area contributed by atoms with Crippen LogP contribution in [0, 0.1) is 0 Å². The van der Waals surface area contributed by atoms with Crippen molar-refractivity contribution in [2.75, 3.05) is 18.4 Å². The Hall–Kier alpha value is -0.840. The van der Waals surface area contributed by atoms with Gasteiger partial charge in [-0.15, -0.1) is 0 Å². The molecule has 0 radical (unpaired) electrons. The molecular weight excluding hydrogens is 282 g/mol. The first-order chi connectivity index (χ1) is 8.17. The van der Waals surface area contributed by atoms with Crippen molar-refractivity contribution in [2.45, 2.75) is 33.7 Å². The van der Waals surface area contributed by atoms with Crippen LogP contribution in [0.4, 0.5) is 0 Å². The molecule has 0 unspecified atom stereocenters. The number of halogens is 1. The predicted molar refractivity (Wildman–Crippen MR) is 72.7 cm³/mol. The van der Waals surface area contributed by atoms with Crippen LogP contribution in [0.5, 0.6) is 0 Å². The number of hydrogen-bond acceptors (Lipinski definition) is 2. The van der Waals surface area contributed by atoms with Crippen molar-refractivity contribution in [1.82, 2.24) is 14.7 Å². The van der Waals surface area contributed by atoms with Crippen molar-refractivity contribution >= 4 is 21.8 Å². The average Bonchev–Trinajstić information content (AvgIpc) is 2.78. The summed E-state index contributed by atoms with van der Waals surface area (Å²) in [5.74, 6) is 0.0704. The highest BCUT2D eigenvalue weighted by atomic mass is 79.9. The third-order valence-corrected chi connectivity index (χ3v) is 3.09. The van der Waals surface area contributed by atoms with E-state index in [2.05, 4.69) is 21.0 Å². The first-order valence-electron chi connectivity index (χ1n) is 6.09. The summed E-state index contributed by atoms with van der Waals surface area (Å²) in [6, 6.07) is 1.91. The zero-order chi connectivity index (χ0) is 12.8. The molecular formula is C12H20BrN3O. The Morgan fingerprint density at radius 3 is 2.65 bits per heavy atom. The van der Waals surface area contributed by atoms with Crippen molar-refractivity contribution < 1.29 is 4.79 Å². The molecule has 0 aliphatic rings. The molecule has 1 aromatic rings. The molecule has 0 saturated heterocycles. The lowest BCUT2D eigenvalue weighted by Gasteiger charge is -2.19. The van der Waals surface area contributed by atoms with E-state index in [9.17, 15) is 4.79 Å². The second-order valence-electron chi connectivity index (χ2n) is 3.76. The van der Waals surface area contributed by atoms with Gasteiger partial charge >= 0.3 is 0 Å². The van der Waals surface area contributed by atoms with E-state index in [1.54, 1.807) is 4.68 Å². The van der Waals surface area contributed by atoms with Crippen molar-refractivity contribution in [3.8, 4) is 0 Å². The van der Waals surface area contributed by atoms with Crippen LogP contribution in [0.25, 0.3) is 0 Å². The van der Waals surface area contributed by atoms with Crippen LogP contribution in [0.1, 0.15) is 37.0 Å². The fraction of sp³-hybridized carbons (Fsp3) is 0.667. The zero-order valence-corrected chi connectivity index (χ0v) is 12.3. The van der Waals surface area contributed by atoms with E-state index in [1.165, 1.54) is 0 Å². The Balaban J connectivity index is 2.96.